The molecule has 14 heavy (non-hydrogen) atoms. The molecule has 0 saturated carbocycles. The lowest BCUT2D eigenvalue weighted by Crippen LogP contribution is -2.05. The largest absolute Gasteiger partial charge is 0.393 e. The van der Waals surface area contributed by atoms with Crippen molar-refractivity contribution < 1.29 is 10.0 Å². The minimum absolute atomic E-state index is 0.108. The summed E-state index contributed by atoms with van der Waals surface area (Å²) < 4.78 is 0. The average molecular weight is 196 g/mol. The maximum absolute atomic E-state index is 10.5. The molecule has 5 heteroatoms. The first-order valence-corrected chi connectivity index (χ1v) is 4.21. The van der Waals surface area contributed by atoms with Gasteiger partial charge >= 0.3 is 0 Å². The lowest BCUT2D eigenvalue weighted by molar-refractivity contribution is -0.384. The molecule has 3 N–H and O–H groups in total. The maximum atomic E-state index is 10.5. The molecule has 0 aliphatic carbocycles. The van der Waals surface area contributed by atoms with Gasteiger partial charge in [0, 0.05) is 6.07 Å². The molecule has 0 spiro atoms. The van der Waals surface area contributed by atoms with Crippen LogP contribution in [0.4, 0.5) is 11.4 Å². The first-order valence-electron chi connectivity index (χ1n) is 4.21. The molecule has 0 heterocycles. The summed E-state index contributed by atoms with van der Waals surface area (Å²) in [5, 5.41) is 19.6. The fraction of sp³-hybridized carbons (Fsp3) is 0.333. The van der Waals surface area contributed by atoms with E-state index in [4.69, 9.17) is 10.8 Å². The number of aliphatic hydroxyl groups excluding tert-OH is 1. The molecule has 1 aromatic rings. The lowest BCUT2D eigenvalue weighted by atomic mass is 10.1. The van der Waals surface area contributed by atoms with E-state index in [1.54, 1.807) is 13.0 Å². The van der Waals surface area contributed by atoms with Gasteiger partial charge in [-0.25, -0.2) is 0 Å². The van der Waals surface area contributed by atoms with E-state index in [0.717, 1.165) is 0 Å². The van der Waals surface area contributed by atoms with Crippen molar-refractivity contribution in [2.75, 3.05) is 5.73 Å². The highest BCUT2D eigenvalue weighted by molar-refractivity contribution is 5.59. The molecular formula is C9H12N2O3. The number of nitrogens with zero attached hydrogens (tertiary/aromatic N) is 1. The van der Waals surface area contributed by atoms with Gasteiger partial charge in [0.2, 0.25) is 0 Å². The van der Waals surface area contributed by atoms with E-state index < -0.39 is 11.0 Å². The third-order valence-corrected chi connectivity index (χ3v) is 1.82. The van der Waals surface area contributed by atoms with Crippen molar-refractivity contribution in [1.29, 1.82) is 0 Å². The van der Waals surface area contributed by atoms with Crippen LogP contribution < -0.4 is 5.73 Å². The van der Waals surface area contributed by atoms with Gasteiger partial charge in [0.15, 0.2) is 0 Å². The van der Waals surface area contributed by atoms with Gasteiger partial charge in [-0.3, -0.25) is 10.1 Å². The number of nitrogens with two attached hydrogens (primary N) is 1. The number of aliphatic hydroxyl groups is 1. The third-order valence-electron chi connectivity index (χ3n) is 1.82. The van der Waals surface area contributed by atoms with Crippen LogP contribution in [0.3, 0.4) is 0 Å². The van der Waals surface area contributed by atoms with Gasteiger partial charge in [0.1, 0.15) is 5.69 Å². The number of anilines is 1. The molecule has 1 rings (SSSR count). The van der Waals surface area contributed by atoms with Crippen molar-refractivity contribution >= 4 is 11.4 Å². The molecule has 0 fully saturated rings. The third kappa shape index (κ3) is 2.43. The van der Waals surface area contributed by atoms with Gasteiger partial charge in [-0.05, 0) is 25.0 Å². The second-order valence-electron chi connectivity index (χ2n) is 3.20. The van der Waals surface area contributed by atoms with Crippen LogP contribution in [0.25, 0.3) is 0 Å². The number of nitro benzene ring substituents is 1. The molecule has 0 amide bonds. The molecule has 1 atom stereocenters. The van der Waals surface area contributed by atoms with Crippen LogP contribution in [0, 0.1) is 10.1 Å². The van der Waals surface area contributed by atoms with Crippen LogP contribution >= 0.6 is 0 Å². The number of hydrogen-bond donors (Lipinski definition) is 2. The predicted octanol–water partition coefficient (Wildman–Crippen LogP) is 1.10. The Hall–Kier alpha value is -1.62. The van der Waals surface area contributed by atoms with Crippen LogP contribution in [0.2, 0.25) is 0 Å². The number of hydrogen-bond acceptors (Lipinski definition) is 4. The van der Waals surface area contributed by atoms with Gasteiger partial charge in [-0.15, -0.1) is 0 Å². The normalized spacial score (nSPS) is 12.4. The topological polar surface area (TPSA) is 89.4 Å². The molecule has 5 nitrogen and oxygen atoms in total. The van der Waals surface area contributed by atoms with Gasteiger partial charge < -0.3 is 10.8 Å². The van der Waals surface area contributed by atoms with Crippen LogP contribution in [0.5, 0.6) is 0 Å². The Morgan fingerprint density at radius 1 is 1.64 bits per heavy atom. The first-order chi connectivity index (χ1) is 6.50. The van der Waals surface area contributed by atoms with E-state index >= 15 is 0 Å². The minimum Gasteiger partial charge on any atom is -0.393 e. The van der Waals surface area contributed by atoms with Crippen molar-refractivity contribution in [3.8, 4) is 0 Å². The summed E-state index contributed by atoms with van der Waals surface area (Å²) in [4.78, 5) is 10.00. The number of rotatable bonds is 3. The summed E-state index contributed by atoms with van der Waals surface area (Å²) in [6, 6.07) is 4.55. The molecule has 1 unspecified atom stereocenters. The van der Waals surface area contributed by atoms with Crippen molar-refractivity contribution in [2.24, 2.45) is 0 Å². The summed E-state index contributed by atoms with van der Waals surface area (Å²) in [6.07, 6.45) is -0.126. The molecule has 0 saturated heterocycles. The fourth-order valence-electron chi connectivity index (χ4n) is 1.22. The van der Waals surface area contributed by atoms with Gasteiger partial charge in [0.05, 0.1) is 11.0 Å². The highest BCUT2D eigenvalue weighted by Crippen LogP contribution is 2.22. The van der Waals surface area contributed by atoms with Gasteiger partial charge in [0.25, 0.3) is 5.69 Å². The Morgan fingerprint density at radius 2 is 2.29 bits per heavy atom. The van der Waals surface area contributed by atoms with E-state index in [2.05, 4.69) is 0 Å². The Balaban J connectivity index is 3.00. The monoisotopic (exact) mass is 196 g/mol. The summed E-state index contributed by atoms with van der Waals surface area (Å²) in [5.41, 5.74) is 6.16. The maximum Gasteiger partial charge on any atom is 0.292 e. The van der Waals surface area contributed by atoms with Crippen LogP contribution in [0.15, 0.2) is 18.2 Å². The molecule has 0 bridgehead atoms. The van der Waals surface area contributed by atoms with E-state index in [1.165, 1.54) is 12.1 Å². The Kier molecular flexibility index (Phi) is 3.03. The number of nitrogen functional groups attached to an aromatic ring is 1. The minimum atomic E-state index is -0.527. The fourth-order valence-corrected chi connectivity index (χ4v) is 1.22. The van der Waals surface area contributed by atoms with Crippen LogP contribution in [-0.4, -0.2) is 16.1 Å². The predicted molar refractivity (Wildman–Crippen MR) is 52.9 cm³/mol. The van der Waals surface area contributed by atoms with Crippen LogP contribution in [0.1, 0.15) is 12.5 Å². The Bertz CT molecular complexity index is 350. The highest BCUT2D eigenvalue weighted by atomic mass is 16.6. The van der Waals surface area contributed by atoms with Crippen molar-refractivity contribution in [2.45, 2.75) is 19.4 Å². The van der Waals surface area contributed by atoms with Crippen molar-refractivity contribution in [3.05, 3.63) is 33.9 Å². The molecule has 0 aromatic heterocycles. The zero-order valence-electron chi connectivity index (χ0n) is 7.80. The zero-order valence-corrected chi connectivity index (χ0v) is 7.80. The summed E-state index contributed by atoms with van der Waals surface area (Å²) in [7, 11) is 0. The summed E-state index contributed by atoms with van der Waals surface area (Å²) in [6.45, 7) is 1.63. The number of benzene rings is 1. The molecule has 1 aromatic carbocycles. The quantitative estimate of drug-likeness (QED) is 0.430. The van der Waals surface area contributed by atoms with E-state index in [1.807, 2.05) is 0 Å². The standard InChI is InChI=1S/C9H12N2O3/c1-6(12)4-7-2-3-8(10)9(5-7)11(13)14/h2-3,5-6,12H,4,10H2,1H3. The van der Waals surface area contributed by atoms with E-state index in [9.17, 15) is 10.1 Å². The average Bonchev–Trinajstić information content (AvgIpc) is 2.07. The lowest BCUT2D eigenvalue weighted by Gasteiger charge is -2.04. The second kappa shape index (κ2) is 4.06. The van der Waals surface area contributed by atoms with Crippen LogP contribution in [-0.2, 0) is 6.42 Å². The smallest absolute Gasteiger partial charge is 0.292 e. The Morgan fingerprint density at radius 3 is 2.79 bits per heavy atom. The molecule has 76 valence electrons. The zero-order chi connectivity index (χ0) is 10.7. The Labute approximate surface area is 81.3 Å². The summed E-state index contributed by atoms with van der Waals surface area (Å²) >= 11 is 0. The molecule has 0 radical (unpaired) electrons. The summed E-state index contributed by atoms with van der Waals surface area (Å²) in [5.74, 6) is 0. The van der Waals surface area contributed by atoms with Crippen molar-refractivity contribution in [3.63, 3.8) is 0 Å². The van der Waals surface area contributed by atoms with Gasteiger partial charge in [-0.1, -0.05) is 6.07 Å². The molecule has 0 aliphatic heterocycles. The second-order valence-corrected chi connectivity index (χ2v) is 3.20. The number of nitro groups is 1. The SMILES string of the molecule is CC(O)Cc1ccc(N)c([N+](=O)[O-])c1. The van der Waals surface area contributed by atoms with E-state index in [0.29, 0.717) is 12.0 Å². The first kappa shape index (κ1) is 10.5. The van der Waals surface area contributed by atoms with Gasteiger partial charge in [-0.2, -0.15) is 0 Å². The van der Waals surface area contributed by atoms with E-state index in [-0.39, 0.29) is 11.4 Å². The molecule has 0 aliphatic rings. The highest BCUT2D eigenvalue weighted by Gasteiger charge is 2.12. The molecular weight excluding hydrogens is 184 g/mol. The van der Waals surface area contributed by atoms with Crippen molar-refractivity contribution in [1.82, 2.24) is 0 Å².